The van der Waals surface area contributed by atoms with Crippen LogP contribution in [0, 0.1) is 0 Å². The number of nitrogens with one attached hydrogen (secondary N) is 2. The lowest BCUT2D eigenvalue weighted by atomic mass is 10.0. The van der Waals surface area contributed by atoms with Gasteiger partial charge in [0.15, 0.2) is 0 Å². The van der Waals surface area contributed by atoms with Gasteiger partial charge in [0.05, 0.1) is 11.1 Å². The third-order valence-electron chi connectivity index (χ3n) is 5.03. The Kier molecular flexibility index (Phi) is 6.72. The van der Waals surface area contributed by atoms with E-state index in [2.05, 4.69) is 15.0 Å². The lowest BCUT2D eigenvalue weighted by Crippen LogP contribution is -2.17. The van der Waals surface area contributed by atoms with Gasteiger partial charge < -0.3 is 9.73 Å². The summed E-state index contributed by atoms with van der Waals surface area (Å²) in [6.07, 6.45) is 1.33. The number of hydrogen-bond acceptors (Lipinski definition) is 5. The molecule has 3 aromatic carbocycles. The Labute approximate surface area is 202 Å². The molecule has 0 unspecified atom stereocenters. The zero-order valence-electron chi connectivity index (χ0n) is 18.4. The van der Waals surface area contributed by atoms with Crippen LogP contribution in [0.2, 0.25) is 5.02 Å². The van der Waals surface area contributed by atoms with Gasteiger partial charge in [0.25, 0.3) is 15.9 Å². The number of rotatable bonds is 7. The summed E-state index contributed by atoms with van der Waals surface area (Å²) in [4.78, 5) is 17.0. The second-order valence-electron chi connectivity index (χ2n) is 7.87. The van der Waals surface area contributed by atoms with Gasteiger partial charge in [-0.1, -0.05) is 49.7 Å². The van der Waals surface area contributed by atoms with Gasteiger partial charge in [-0.2, -0.15) is 0 Å². The molecule has 4 rings (SSSR count). The topological polar surface area (TPSA) is 101 Å². The Bertz CT molecular complexity index is 1420. The van der Waals surface area contributed by atoms with Crippen LogP contribution in [0.15, 0.2) is 88.3 Å². The molecule has 0 saturated heterocycles. The first-order valence-electron chi connectivity index (χ1n) is 10.5. The Balaban J connectivity index is 1.60. The number of aromatic nitrogens is 1. The fourth-order valence-electron chi connectivity index (χ4n) is 3.34. The molecule has 0 bridgehead atoms. The van der Waals surface area contributed by atoms with Crippen molar-refractivity contribution in [2.75, 3.05) is 10.0 Å². The molecule has 1 heterocycles. The van der Waals surface area contributed by atoms with Crippen molar-refractivity contribution in [3.05, 3.63) is 95.3 Å². The summed E-state index contributed by atoms with van der Waals surface area (Å²) < 4.78 is 34.5. The maximum Gasteiger partial charge on any atom is 0.293 e. The number of carbonyl (C=O) groups excluding carboxylic acids is 1. The zero-order chi connectivity index (χ0) is 24.3. The molecule has 0 radical (unpaired) electrons. The SMILES string of the molecule is CC(C)c1ccc(NC(=O)c2cnc(-c3ccccc3)o2)cc1S(=O)(=O)Nc1ccc(Cl)cc1. The van der Waals surface area contributed by atoms with Crippen molar-refractivity contribution in [3.8, 4) is 11.5 Å². The van der Waals surface area contributed by atoms with Crippen LogP contribution in [0.5, 0.6) is 0 Å². The van der Waals surface area contributed by atoms with Crippen LogP contribution in [0.25, 0.3) is 11.5 Å². The molecule has 1 aromatic heterocycles. The van der Waals surface area contributed by atoms with E-state index in [-0.39, 0.29) is 16.6 Å². The van der Waals surface area contributed by atoms with Crippen LogP contribution in [-0.4, -0.2) is 19.3 Å². The summed E-state index contributed by atoms with van der Waals surface area (Å²) >= 11 is 5.89. The Morgan fingerprint density at radius 3 is 2.32 bits per heavy atom. The smallest absolute Gasteiger partial charge is 0.293 e. The maximum absolute atomic E-state index is 13.2. The van der Waals surface area contributed by atoms with Crippen molar-refractivity contribution in [2.24, 2.45) is 0 Å². The summed E-state index contributed by atoms with van der Waals surface area (Å²) in [5.41, 5.74) is 2.04. The number of sulfonamides is 1. The molecule has 0 atom stereocenters. The molecule has 0 aliphatic rings. The molecule has 0 aliphatic heterocycles. The third kappa shape index (κ3) is 5.30. The molecule has 0 saturated carbocycles. The van der Waals surface area contributed by atoms with Crippen molar-refractivity contribution in [1.29, 1.82) is 0 Å². The summed E-state index contributed by atoms with van der Waals surface area (Å²) in [5, 5.41) is 3.19. The van der Waals surface area contributed by atoms with Crippen molar-refractivity contribution in [3.63, 3.8) is 0 Å². The fraction of sp³-hybridized carbons (Fsp3) is 0.120. The Morgan fingerprint density at radius 1 is 0.971 bits per heavy atom. The minimum Gasteiger partial charge on any atom is -0.431 e. The van der Waals surface area contributed by atoms with Crippen molar-refractivity contribution >= 4 is 38.9 Å². The predicted octanol–water partition coefficient (Wildman–Crippen LogP) is 6.17. The molecular formula is C25H22ClN3O4S. The van der Waals surface area contributed by atoms with Crippen molar-refractivity contribution in [1.82, 2.24) is 4.98 Å². The average Bonchev–Trinajstić information content (AvgIpc) is 3.31. The normalized spacial score (nSPS) is 11.4. The number of carbonyl (C=O) groups is 1. The van der Waals surface area contributed by atoms with Crippen LogP contribution < -0.4 is 10.0 Å². The van der Waals surface area contributed by atoms with Crippen molar-refractivity contribution in [2.45, 2.75) is 24.7 Å². The Morgan fingerprint density at radius 2 is 1.65 bits per heavy atom. The van der Waals surface area contributed by atoms with Crippen LogP contribution in [0.1, 0.15) is 35.9 Å². The fourth-order valence-corrected chi connectivity index (χ4v) is 4.91. The van der Waals surface area contributed by atoms with Gasteiger partial charge in [-0.05, 0) is 60.0 Å². The van der Waals surface area contributed by atoms with Gasteiger partial charge in [-0.3, -0.25) is 9.52 Å². The molecular weight excluding hydrogens is 474 g/mol. The van der Waals surface area contributed by atoms with E-state index >= 15 is 0 Å². The first-order valence-corrected chi connectivity index (χ1v) is 12.3. The van der Waals surface area contributed by atoms with Crippen LogP contribution in [0.3, 0.4) is 0 Å². The highest BCUT2D eigenvalue weighted by molar-refractivity contribution is 7.92. The monoisotopic (exact) mass is 495 g/mol. The number of benzene rings is 3. The molecule has 1 amide bonds. The minimum atomic E-state index is -3.94. The van der Waals surface area contributed by atoms with Crippen LogP contribution >= 0.6 is 11.6 Å². The predicted molar refractivity (Wildman–Crippen MR) is 133 cm³/mol. The molecule has 4 aromatic rings. The maximum atomic E-state index is 13.2. The molecule has 9 heteroatoms. The molecule has 174 valence electrons. The molecule has 0 aliphatic carbocycles. The van der Waals surface area contributed by atoms with E-state index < -0.39 is 15.9 Å². The third-order valence-corrected chi connectivity index (χ3v) is 6.72. The standard InChI is InChI=1S/C25H22ClN3O4S/c1-16(2)21-13-12-20(14-23(21)34(31,32)29-19-10-8-18(26)9-11-19)28-24(30)22-15-27-25(33-22)17-6-4-3-5-7-17/h3-16,29H,1-2H3,(H,28,30). The number of oxazole rings is 1. The lowest BCUT2D eigenvalue weighted by Gasteiger charge is -2.16. The van der Waals surface area contributed by atoms with Crippen molar-refractivity contribution < 1.29 is 17.6 Å². The van der Waals surface area contributed by atoms with Crippen LogP contribution in [-0.2, 0) is 10.0 Å². The lowest BCUT2D eigenvalue weighted by molar-refractivity contribution is 0.0997. The van der Waals surface area contributed by atoms with Gasteiger partial charge in [-0.15, -0.1) is 0 Å². The van der Waals surface area contributed by atoms with E-state index in [1.165, 1.54) is 12.3 Å². The molecule has 2 N–H and O–H groups in total. The van der Waals surface area contributed by atoms with Crippen LogP contribution in [0.4, 0.5) is 11.4 Å². The number of amides is 1. The first kappa shape index (κ1) is 23.5. The van der Waals surface area contributed by atoms with Gasteiger partial charge in [0, 0.05) is 22.0 Å². The number of anilines is 2. The summed E-state index contributed by atoms with van der Waals surface area (Å²) in [6.45, 7) is 3.79. The first-order chi connectivity index (χ1) is 16.2. The molecule has 7 nitrogen and oxygen atoms in total. The largest absolute Gasteiger partial charge is 0.431 e. The number of halogens is 1. The highest BCUT2D eigenvalue weighted by atomic mass is 35.5. The van der Waals surface area contributed by atoms with E-state index in [0.29, 0.717) is 27.9 Å². The van der Waals surface area contributed by atoms with E-state index in [4.69, 9.17) is 16.0 Å². The highest BCUT2D eigenvalue weighted by Crippen LogP contribution is 2.29. The Hall–Kier alpha value is -3.62. The van der Waals surface area contributed by atoms with Gasteiger partial charge in [-0.25, -0.2) is 13.4 Å². The zero-order valence-corrected chi connectivity index (χ0v) is 20.0. The van der Waals surface area contributed by atoms with Gasteiger partial charge in [0.1, 0.15) is 0 Å². The van der Waals surface area contributed by atoms with E-state index in [1.807, 2.05) is 44.2 Å². The molecule has 0 spiro atoms. The van der Waals surface area contributed by atoms with E-state index in [9.17, 15) is 13.2 Å². The van der Waals surface area contributed by atoms with Gasteiger partial charge >= 0.3 is 0 Å². The number of nitrogens with zero attached hydrogens (tertiary/aromatic N) is 1. The van der Waals surface area contributed by atoms with E-state index in [0.717, 1.165) is 5.56 Å². The molecule has 0 fully saturated rings. The highest BCUT2D eigenvalue weighted by Gasteiger charge is 2.22. The second kappa shape index (κ2) is 9.70. The average molecular weight is 496 g/mol. The summed E-state index contributed by atoms with van der Waals surface area (Å²) in [6, 6.07) is 20.3. The second-order valence-corrected chi connectivity index (χ2v) is 9.96. The van der Waals surface area contributed by atoms with Gasteiger partial charge in [0.2, 0.25) is 11.7 Å². The summed E-state index contributed by atoms with van der Waals surface area (Å²) in [7, 11) is -3.94. The summed E-state index contributed by atoms with van der Waals surface area (Å²) in [5.74, 6) is -0.281. The number of hydrogen-bond donors (Lipinski definition) is 2. The van der Waals surface area contributed by atoms with E-state index in [1.54, 1.807) is 36.4 Å². The minimum absolute atomic E-state index is 0.00971. The quantitative estimate of drug-likeness (QED) is 0.319. The molecule has 34 heavy (non-hydrogen) atoms.